The molecule has 2 aromatic rings. The zero-order valence-electron chi connectivity index (χ0n) is 22.6. The third kappa shape index (κ3) is 7.55. The molecule has 10 N–H and O–H groups in total. The van der Waals surface area contributed by atoms with Gasteiger partial charge in [0.1, 0.15) is 48.8 Å². The van der Waals surface area contributed by atoms with Crippen molar-refractivity contribution in [3.05, 3.63) is 53.6 Å². The highest BCUT2D eigenvalue weighted by molar-refractivity contribution is 5.56. The molecule has 2 saturated heterocycles. The summed E-state index contributed by atoms with van der Waals surface area (Å²) < 4.78 is 21.4. The Bertz CT molecular complexity index is 1320. The maximum Gasteiger partial charge on any atom is 0.229 e. The maximum atomic E-state index is 10.3. The molecule has 0 saturated carbocycles. The summed E-state index contributed by atoms with van der Waals surface area (Å²) >= 11 is 0. The highest BCUT2D eigenvalue weighted by Crippen LogP contribution is 2.32. The first kappa shape index (κ1) is 32.5. The number of aromatic hydroxyl groups is 2. The molecule has 2 heterocycles. The van der Waals surface area contributed by atoms with Crippen LogP contribution < -0.4 is 9.47 Å². The highest BCUT2D eigenvalue weighted by Gasteiger charge is 2.46. The van der Waals surface area contributed by atoms with E-state index in [1.807, 2.05) is 0 Å². The van der Waals surface area contributed by atoms with Gasteiger partial charge in [0.25, 0.3) is 0 Å². The van der Waals surface area contributed by atoms with E-state index in [9.17, 15) is 51.1 Å². The summed E-state index contributed by atoms with van der Waals surface area (Å²) in [6.07, 6.45) is -11.1. The first-order valence-corrected chi connectivity index (χ1v) is 13.3. The van der Waals surface area contributed by atoms with Crippen LogP contribution in [0.4, 0.5) is 0 Å². The highest BCUT2D eigenvalue weighted by atomic mass is 16.7. The van der Waals surface area contributed by atoms with Gasteiger partial charge in [0, 0.05) is 12.0 Å². The molecule has 14 nitrogen and oxygen atoms in total. The van der Waals surface area contributed by atoms with E-state index in [1.54, 1.807) is 24.3 Å². The summed E-state index contributed by atoms with van der Waals surface area (Å²) in [6, 6.07) is 8.65. The predicted molar refractivity (Wildman–Crippen MR) is 146 cm³/mol. The van der Waals surface area contributed by atoms with Crippen LogP contribution in [0.1, 0.15) is 17.5 Å². The fraction of sp³-hybridized carbons (Fsp3) is 0.448. The number of benzene rings is 2. The van der Waals surface area contributed by atoms with E-state index in [0.29, 0.717) is 17.5 Å². The van der Waals surface area contributed by atoms with Crippen molar-refractivity contribution in [1.82, 2.24) is 0 Å². The van der Waals surface area contributed by atoms with E-state index in [-0.39, 0.29) is 23.0 Å². The summed E-state index contributed by atoms with van der Waals surface area (Å²) in [5.41, 5.74) is 1.03. The van der Waals surface area contributed by atoms with Gasteiger partial charge in [-0.1, -0.05) is 30.1 Å². The second-order valence-electron chi connectivity index (χ2n) is 9.95. The molecule has 2 aliphatic heterocycles. The molecular weight excluding hydrogens is 572 g/mol. The second kappa shape index (κ2) is 14.3. The van der Waals surface area contributed by atoms with Gasteiger partial charge in [-0.3, -0.25) is 0 Å². The number of phenols is 2. The van der Waals surface area contributed by atoms with Crippen molar-refractivity contribution in [2.45, 2.75) is 67.8 Å². The molecule has 0 aliphatic carbocycles. The minimum Gasteiger partial charge on any atom is -0.504 e. The van der Waals surface area contributed by atoms with Crippen LogP contribution in [-0.4, -0.2) is 126 Å². The number of aliphatic hydroxyl groups is 8. The Labute approximate surface area is 245 Å². The van der Waals surface area contributed by atoms with Gasteiger partial charge in [-0.15, -0.1) is 0 Å². The summed E-state index contributed by atoms with van der Waals surface area (Å²) in [4.78, 5) is 0. The van der Waals surface area contributed by atoms with Crippen LogP contribution in [0.15, 0.2) is 42.5 Å². The van der Waals surface area contributed by atoms with E-state index in [4.69, 9.17) is 18.9 Å². The zero-order chi connectivity index (χ0) is 31.3. The number of hydrogen-bond acceptors (Lipinski definition) is 14. The van der Waals surface area contributed by atoms with Crippen molar-refractivity contribution >= 4 is 6.08 Å². The van der Waals surface area contributed by atoms with Crippen molar-refractivity contribution in [2.24, 2.45) is 0 Å². The Morgan fingerprint density at radius 1 is 0.674 bits per heavy atom. The molecule has 0 spiro atoms. The third-order valence-corrected chi connectivity index (χ3v) is 6.89. The normalized spacial score (nSPS) is 32.7. The smallest absolute Gasteiger partial charge is 0.229 e. The summed E-state index contributed by atoms with van der Waals surface area (Å²) in [5.74, 6) is 5.02. The average molecular weight is 607 g/mol. The van der Waals surface area contributed by atoms with Crippen molar-refractivity contribution in [1.29, 1.82) is 0 Å². The van der Waals surface area contributed by atoms with Gasteiger partial charge in [0.05, 0.1) is 13.2 Å². The lowest BCUT2D eigenvalue weighted by molar-refractivity contribution is -0.277. The summed E-state index contributed by atoms with van der Waals surface area (Å²) in [6.45, 7) is -1.23. The van der Waals surface area contributed by atoms with Crippen LogP contribution in [0.5, 0.6) is 23.0 Å². The SMILES string of the molecule is OC[C@H]1O[C@@H](Oc2ccc(C#CC/C=C/c3ccc(O[C@@H]4O[C@H](CO)[C@@H](O)[C@H](O)[C@H]4O)c(O)c3)cc2O)[C@H](O)[C@@H](O)[C@@H]1O. The lowest BCUT2D eigenvalue weighted by atomic mass is 9.99. The van der Waals surface area contributed by atoms with Crippen molar-refractivity contribution in [3.8, 4) is 34.8 Å². The summed E-state index contributed by atoms with van der Waals surface area (Å²) in [7, 11) is 0. The fourth-order valence-corrected chi connectivity index (χ4v) is 4.42. The monoisotopic (exact) mass is 606 g/mol. The second-order valence-corrected chi connectivity index (χ2v) is 9.95. The number of ether oxygens (including phenoxy) is 4. The number of phenolic OH excluding ortho intramolecular Hbond substituents is 2. The number of allylic oxidation sites excluding steroid dienone is 1. The lowest BCUT2D eigenvalue weighted by Crippen LogP contribution is -2.60. The van der Waals surface area contributed by atoms with E-state index >= 15 is 0 Å². The van der Waals surface area contributed by atoms with Crippen molar-refractivity contribution in [3.63, 3.8) is 0 Å². The molecule has 2 fully saturated rings. The maximum absolute atomic E-state index is 10.3. The number of aliphatic hydroxyl groups excluding tert-OH is 8. The van der Waals surface area contributed by atoms with Gasteiger partial charge in [-0.25, -0.2) is 0 Å². The molecular formula is C29H34O14. The first-order chi connectivity index (χ1) is 20.5. The van der Waals surface area contributed by atoms with Crippen LogP contribution in [0.3, 0.4) is 0 Å². The molecule has 0 radical (unpaired) electrons. The molecule has 2 aliphatic rings. The lowest BCUT2D eigenvalue weighted by Gasteiger charge is -2.39. The Morgan fingerprint density at radius 3 is 1.67 bits per heavy atom. The van der Waals surface area contributed by atoms with Gasteiger partial charge in [0.15, 0.2) is 23.0 Å². The minimum absolute atomic E-state index is 0.0555. The number of hydrogen-bond donors (Lipinski definition) is 10. The number of rotatable bonds is 8. The molecule has 0 amide bonds. The van der Waals surface area contributed by atoms with Crippen LogP contribution >= 0.6 is 0 Å². The fourth-order valence-electron chi connectivity index (χ4n) is 4.42. The first-order valence-electron chi connectivity index (χ1n) is 13.3. The molecule has 4 rings (SSSR count). The molecule has 14 heteroatoms. The van der Waals surface area contributed by atoms with E-state index < -0.39 is 74.6 Å². The van der Waals surface area contributed by atoms with Gasteiger partial charge >= 0.3 is 0 Å². The van der Waals surface area contributed by atoms with Crippen LogP contribution in [0, 0.1) is 11.8 Å². The largest absolute Gasteiger partial charge is 0.504 e. The van der Waals surface area contributed by atoms with Crippen molar-refractivity contribution < 1.29 is 70.0 Å². The Hall–Kier alpha value is -3.46. The van der Waals surface area contributed by atoms with E-state index in [1.165, 1.54) is 24.3 Å². The molecule has 10 atom stereocenters. The predicted octanol–water partition coefficient (Wildman–Crippen LogP) is -2.09. The van der Waals surface area contributed by atoms with Crippen LogP contribution in [0.2, 0.25) is 0 Å². The quantitative estimate of drug-likeness (QED) is 0.145. The van der Waals surface area contributed by atoms with Gasteiger partial charge < -0.3 is 70.0 Å². The Balaban J connectivity index is 1.31. The van der Waals surface area contributed by atoms with Gasteiger partial charge in [-0.05, 0) is 35.9 Å². The van der Waals surface area contributed by atoms with E-state index in [0.717, 1.165) is 0 Å². The topological polar surface area (TPSA) is 239 Å². The molecule has 0 bridgehead atoms. The third-order valence-electron chi connectivity index (χ3n) is 6.89. The Morgan fingerprint density at radius 2 is 1.19 bits per heavy atom. The molecule has 0 aromatic heterocycles. The van der Waals surface area contributed by atoms with Gasteiger partial charge in [0.2, 0.25) is 12.6 Å². The molecule has 2 aromatic carbocycles. The molecule has 234 valence electrons. The zero-order valence-corrected chi connectivity index (χ0v) is 22.6. The summed E-state index contributed by atoms with van der Waals surface area (Å²) in [5, 5.41) is 99.0. The van der Waals surface area contributed by atoms with Gasteiger partial charge in [-0.2, -0.15) is 0 Å². The minimum atomic E-state index is -1.63. The average Bonchev–Trinajstić information content (AvgIpc) is 2.99. The standard InChI is InChI=1S/C29H34O14/c30-12-20-22(34)24(36)26(38)28(42-20)40-18-8-6-14(10-16(18)32)4-2-1-3-5-15-7-9-19(17(33)11-15)41-29-27(39)25(37)23(35)21(13-31)43-29/h2,4,6-11,20-39H,1,12-13H2/b4-2+/t20-,21-,22-,23-,24+,25+,26-,27-,28-,29-/m1/s1. The Kier molecular flexibility index (Phi) is 10.8. The van der Waals surface area contributed by atoms with Crippen molar-refractivity contribution in [2.75, 3.05) is 13.2 Å². The van der Waals surface area contributed by atoms with Crippen LogP contribution in [-0.2, 0) is 9.47 Å². The van der Waals surface area contributed by atoms with Crippen LogP contribution in [0.25, 0.3) is 6.08 Å². The molecule has 0 unspecified atom stereocenters. The molecule has 43 heavy (non-hydrogen) atoms. The van der Waals surface area contributed by atoms with E-state index in [2.05, 4.69) is 11.8 Å².